The first-order valence-electron chi connectivity index (χ1n) is 6.94. The van der Waals surface area contributed by atoms with Gasteiger partial charge in [0.05, 0.1) is 12.3 Å². The summed E-state index contributed by atoms with van der Waals surface area (Å²) in [5, 5.41) is 17.5. The summed E-state index contributed by atoms with van der Waals surface area (Å²) < 4.78 is 2.05. The molecule has 0 aliphatic carbocycles. The zero-order valence-corrected chi connectivity index (χ0v) is 12.2. The van der Waals surface area contributed by atoms with Gasteiger partial charge in [-0.2, -0.15) is 5.10 Å². The first-order valence-corrected chi connectivity index (χ1v) is 6.94. The normalized spacial score (nSPS) is 14.7. The van der Waals surface area contributed by atoms with Gasteiger partial charge in [0.1, 0.15) is 0 Å². The van der Waals surface area contributed by atoms with Crippen molar-refractivity contribution in [3.05, 3.63) is 17.5 Å². The Morgan fingerprint density at radius 3 is 2.56 bits per heavy atom. The quantitative estimate of drug-likeness (QED) is 0.745. The van der Waals surface area contributed by atoms with E-state index in [-0.39, 0.29) is 12.1 Å². The van der Waals surface area contributed by atoms with Crippen molar-refractivity contribution in [2.75, 3.05) is 13.2 Å². The average Bonchev–Trinajstić information content (AvgIpc) is 2.67. The van der Waals surface area contributed by atoms with Crippen LogP contribution in [-0.2, 0) is 6.54 Å². The Labute approximate surface area is 110 Å². The van der Waals surface area contributed by atoms with Gasteiger partial charge in [-0.15, -0.1) is 0 Å². The lowest BCUT2D eigenvalue weighted by Crippen LogP contribution is -2.48. The molecule has 1 aromatic heterocycles. The zero-order chi connectivity index (χ0) is 13.6. The van der Waals surface area contributed by atoms with Crippen molar-refractivity contribution < 1.29 is 5.11 Å². The molecule has 104 valence electrons. The lowest BCUT2D eigenvalue weighted by atomic mass is 9.91. The molecule has 1 heterocycles. The van der Waals surface area contributed by atoms with E-state index in [0.717, 1.165) is 38.0 Å². The zero-order valence-electron chi connectivity index (χ0n) is 12.2. The first-order chi connectivity index (χ1) is 8.56. The van der Waals surface area contributed by atoms with Gasteiger partial charge in [0.25, 0.3) is 0 Å². The molecule has 0 bridgehead atoms. The number of likely N-dealkylation sites (N-methyl/N-ethyl adjacent to an activating group) is 1. The Balaban J connectivity index is 2.51. The summed E-state index contributed by atoms with van der Waals surface area (Å²) in [7, 11) is 0. The van der Waals surface area contributed by atoms with Crippen molar-refractivity contribution in [1.29, 1.82) is 0 Å². The van der Waals surface area contributed by atoms with Crippen LogP contribution in [0.4, 0.5) is 0 Å². The van der Waals surface area contributed by atoms with E-state index in [1.54, 1.807) is 0 Å². The molecule has 0 saturated heterocycles. The summed E-state index contributed by atoms with van der Waals surface area (Å²) in [5.41, 5.74) is 2.16. The smallest absolute Gasteiger partial charge is 0.0613 e. The van der Waals surface area contributed by atoms with E-state index in [4.69, 9.17) is 0 Å². The molecule has 1 aromatic rings. The van der Waals surface area contributed by atoms with Crippen LogP contribution in [0.1, 0.15) is 44.5 Å². The highest BCUT2D eigenvalue weighted by molar-refractivity contribution is 5.06. The molecule has 2 N–H and O–H groups in total. The Morgan fingerprint density at radius 1 is 1.39 bits per heavy atom. The Hall–Kier alpha value is -0.870. The van der Waals surface area contributed by atoms with Gasteiger partial charge in [0.2, 0.25) is 0 Å². The van der Waals surface area contributed by atoms with Gasteiger partial charge in [-0.3, -0.25) is 4.68 Å². The van der Waals surface area contributed by atoms with E-state index in [1.165, 1.54) is 5.69 Å². The lowest BCUT2D eigenvalue weighted by Gasteiger charge is -2.31. The van der Waals surface area contributed by atoms with Crippen LogP contribution in [0.15, 0.2) is 6.07 Å². The van der Waals surface area contributed by atoms with Crippen molar-refractivity contribution in [3.8, 4) is 0 Å². The number of aryl methyl sites for hydroxylation is 3. The van der Waals surface area contributed by atoms with E-state index in [1.807, 2.05) is 6.92 Å². The minimum Gasteiger partial charge on any atom is -0.394 e. The number of aliphatic hydroxyl groups excluding tert-OH is 1. The second kappa shape index (κ2) is 6.90. The van der Waals surface area contributed by atoms with E-state index < -0.39 is 0 Å². The van der Waals surface area contributed by atoms with Crippen molar-refractivity contribution >= 4 is 0 Å². The topological polar surface area (TPSA) is 50.1 Å². The predicted molar refractivity (Wildman–Crippen MR) is 74.7 cm³/mol. The number of aliphatic hydroxyl groups is 1. The highest BCUT2D eigenvalue weighted by atomic mass is 16.3. The Kier molecular flexibility index (Phi) is 5.82. The molecule has 0 aliphatic heterocycles. The van der Waals surface area contributed by atoms with Gasteiger partial charge in [0.15, 0.2) is 0 Å². The van der Waals surface area contributed by atoms with Gasteiger partial charge >= 0.3 is 0 Å². The molecular weight excluding hydrogens is 226 g/mol. The van der Waals surface area contributed by atoms with Crippen LogP contribution < -0.4 is 5.32 Å². The third-order valence-electron chi connectivity index (χ3n) is 3.66. The maximum Gasteiger partial charge on any atom is 0.0613 e. The third kappa shape index (κ3) is 3.82. The van der Waals surface area contributed by atoms with E-state index >= 15 is 0 Å². The molecular formula is C14H27N3O. The Morgan fingerprint density at radius 2 is 2.11 bits per heavy atom. The summed E-state index contributed by atoms with van der Waals surface area (Å²) >= 11 is 0. The van der Waals surface area contributed by atoms with E-state index in [0.29, 0.717) is 0 Å². The molecule has 0 fully saturated rings. The van der Waals surface area contributed by atoms with Crippen LogP contribution in [0.3, 0.4) is 0 Å². The van der Waals surface area contributed by atoms with Gasteiger partial charge < -0.3 is 10.4 Å². The molecule has 0 aromatic carbocycles. The first kappa shape index (κ1) is 15.2. The molecule has 18 heavy (non-hydrogen) atoms. The second-order valence-electron chi connectivity index (χ2n) is 5.08. The van der Waals surface area contributed by atoms with E-state index in [2.05, 4.69) is 41.9 Å². The fraction of sp³-hybridized carbons (Fsp3) is 0.786. The second-order valence-corrected chi connectivity index (χ2v) is 5.08. The summed E-state index contributed by atoms with van der Waals surface area (Å²) in [4.78, 5) is 0. The number of aromatic nitrogens is 2. The molecule has 0 amide bonds. The number of hydrogen-bond acceptors (Lipinski definition) is 3. The number of nitrogens with one attached hydrogen (secondary N) is 1. The third-order valence-corrected chi connectivity index (χ3v) is 3.66. The summed E-state index contributed by atoms with van der Waals surface area (Å²) in [6.45, 7) is 10.3. The van der Waals surface area contributed by atoms with Crippen LogP contribution >= 0.6 is 0 Å². The predicted octanol–water partition coefficient (Wildman–Crippen LogP) is 2.03. The minimum absolute atomic E-state index is 0.120. The Bertz CT molecular complexity index is 356. The standard InChI is InChI=1S/C14H27N3O/c1-5-14(11-18,15-6-2)8-7-9-17-13(4)10-12(3)16-17/h10,15,18H,5-9,11H2,1-4H3. The van der Waals surface area contributed by atoms with Crippen molar-refractivity contribution in [2.24, 2.45) is 0 Å². The molecule has 0 saturated carbocycles. The summed E-state index contributed by atoms with van der Waals surface area (Å²) in [5.74, 6) is 0. The SMILES string of the molecule is CCNC(CC)(CO)CCCn1nc(C)cc1C. The van der Waals surface area contributed by atoms with E-state index in [9.17, 15) is 5.11 Å². The average molecular weight is 253 g/mol. The van der Waals surface area contributed by atoms with Gasteiger partial charge in [0, 0.05) is 17.8 Å². The fourth-order valence-corrected chi connectivity index (χ4v) is 2.48. The number of rotatable bonds is 8. The summed E-state index contributed by atoms with van der Waals surface area (Å²) in [6, 6.07) is 2.10. The van der Waals surface area contributed by atoms with Crippen molar-refractivity contribution in [3.63, 3.8) is 0 Å². The van der Waals surface area contributed by atoms with Crippen molar-refractivity contribution in [2.45, 2.75) is 59.0 Å². The molecule has 1 rings (SSSR count). The molecule has 1 atom stereocenters. The van der Waals surface area contributed by atoms with Crippen LogP contribution in [0.2, 0.25) is 0 Å². The molecule has 0 radical (unpaired) electrons. The van der Waals surface area contributed by atoms with Crippen LogP contribution in [-0.4, -0.2) is 33.6 Å². The van der Waals surface area contributed by atoms with Crippen LogP contribution in [0, 0.1) is 13.8 Å². The largest absolute Gasteiger partial charge is 0.394 e. The summed E-state index contributed by atoms with van der Waals surface area (Å²) in [6.07, 6.45) is 2.96. The van der Waals surface area contributed by atoms with Crippen molar-refractivity contribution in [1.82, 2.24) is 15.1 Å². The molecule has 1 unspecified atom stereocenters. The highest BCUT2D eigenvalue weighted by Crippen LogP contribution is 2.17. The molecule has 0 aliphatic rings. The lowest BCUT2D eigenvalue weighted by molar-refractivity contribution is 0.144. The highest BCUT2D eigenvalue weighted by Gasteiger charge is 2.25. The maximum absolute atomic E-state index is 9.58. The molecule has 4 nitrogen and oxygen atoms in total. The molecule has 0 spiro atoms. The molecule has 4 heteroatoms. The van der Waals surface area contributed by atoms with Crippen LogP contribution in [0.25, 0.3) is 0 Å². The monoisotopic (exact) mass is 253 g/mol. The van der Waals surface area contributed by atoms with Gasteiger partial charge in [-0.1, -0.05) is 13.8 Å². The number of nitrogens with zero attached hydrogens (tertiary/aromatic N) is 2. The fourth-order valence-electron chi connectivity index (χ4n) is 2.48. The van der Waals surface area contributed by atoms with Gasteiger partial charge in [-0.05, 0) is 45.7 Å². The van der Waals surface area contributed by atoms with Crippen LogP contribution in [0.5, 0.6) is 0 Å². The minimum atomic E-state index is -0.120. The van der Waals surface area contributed by atoms with Gasteiger partial charge in [-0.25, -0.2) is 0 Å². The maximum atomic E-state index is 9.58. The number of hydrogen-bond donors (Lipinski definition) is 2.